The third-order valence-electron chi connectivity index (χ3n) is 2.69. The van der Waals surface area contributed by atoms with E-state index in [4.69, 9.17) is 23.2 Å². The van der Waals surface area contributed by atoms with Gasteiger partial charge in [-0.05, 0) is 31.0 Å². The van der Waals surface area contributed by atoms with Crippen LogP contribution in [0.25, 0.3) is 0 Å². The highest BCUT2D eigenvalue weighted by Gasteiger charge is 2.06. The Kier molecular flexibility index (Phi) is 6.00. The zero-order chi connectivity index (χ0) is 12.0. The number of nitrogens with one attached hydrogen (secondary N) is 1. The van der Waals surface area contributed by atoms with Gasteiger partial charge in [0.15, 0.2) is 0 Å². The van der Waals surface area contributed by atoms with Crippen LogP contribution in [0.15, 0.2) is 18.2 Å². The largest absolute Gasteiger partial charge is 0.382 e. The summed E-state index contributed by atoms with van der Waals surface area (Å²) in [6.07, 6.45) is 4.82. The van der Waals surface area contributed by atoms with Gasteiger partial charge in [-0.3, -0.25) is 0 Å². The fourth-order valence-electron chi connectivity index (χ4n) is 1.65. The number of hydrogen-bond acceptors (Lipinski definition) is 1. The number of benzene rings is 1. The number of halogens is 2. The van der Waals surface area contributed by atoms with Crippen molar-refractivity contribution in [3.8, 4) is 0 Å². The van der Waals surface area contributed by atoms with Crippen LogP contribution in [-0.2, 0) is 0 Å². The van der Waals surface area contributed by atoms with Gasteiger partial charge in [-0.1, -0.05) is 49.9 Å². The van der Waals surface area contributed by atoms with E-state index in [-0.39, 0.29) is 0 Å². The highest BCUT2D eigenvalue weighted by molar-refractivity contribution is 6.42. The lowest BCUT2D eigenvalue weighted by molar-refractivity contribution is 0.593. The molecule has 1 nitrogen and oxygen atoms in total. The minimum Gasteiger partial charge on any atom is -0.382 e. The molecule has 0 saturated heterocycles. The molecule has 1 unspecified atom stereocenters. The molecular weight excluding hydrogens is 241 g/mol. The van der Waals surface area contributed by atoms with Crippen molar-refractivity contribution >= 4 is 28.9 Å². The first-order valence-corrected chi connectivity index (χ1v) is 6.64. The summed E-state index contributed by atoms with van der Waals surface area (Å²) >= 11 is 11.8. The number of hydrogen-bond donors (Lipinski definition) is 1. The molecule has 1 N–H and O–H groups in total. The number of anilines is 1. The highest BCUT2D eigenvalue weighted by Crippen LogP contribution is 2.26. The zero-order valence-corrected chi connectivity index (χ0v) is 11.4. The Morgan fingerprint density at radius 2 is 1.94 bits per heavy atom. The third-order valence-corrected chi connectivity index (χ3v) is 3.43. The van der Waals surface area contributed by atoms with Crippen LogP contribution >= 0.6 is 23.2 Å². The molecule has 1 rings (SSSR count). The van der Waals surface area contributed by atoms with Crippen molar-refractivity contribution in [1.29, 1.82) is 0 Å². The molecule has 1 aromatic carbocycles. The normalized spacial score (nSPS) is 12.5. The first-order valence-electron chi connectivity index (χ1n) is 5.89. The first-order chi connectivity index (χ1) is 7.67. The summed E-state index contributed by atoms with van der Waals surface area (Å²) in [5, 5.41) is 4.70. The van der Waals surface area contributed by atoms with Gasteiger partial charge in [0, 0.05) is 11.7 Å². The van der Waals surface area contributed by atoms with Crippen molar-refractivity contribution in [3.63, 3.8) is 0 Å². The van der Waals surface area contributed by atoms with E-state index in [2.05, 4.69) is 19.2 Å². The third kappa shape index (κ3) is 4.23. The standard InChI is InChI=1S/C13H19Cl2N/c1-3-5-6-10(4-2)16-11-7-8-12(14)13(15)9-11/h7-10,16H,3-6H2,1-2H3. The lowest BCUT2D eigenvalue weighted by Crippen LogP contribution is -2.18. The van der Waals surface area contributed by atoms with Crippen LogP contribution in [0, 0.1) is 0 Å². The predicted octanol–water partition coefficient (Wildman–Crippen LogP) is 5.37. The Hall–Kier alpha value is -0.400. The summed E-state index contributed by atoms with van der Waals surface area (Å²) < 4.78 is 0. The molecule has 3 heteroatoms. The van der Waals surface area contributed by atoms with Crippen molar-refractivity contribution in [2.75, 3.05) is 5.32 Å². The average molecular weight is 260 g/mol. The molecule has 1 aromatic rings. The number of unbranched alkanes of at least 4 members (excludes halogenated alkanes) is 1. The van der Waals surface area contributed by atoms with Gasteiger partial charge in [0.1, 0.15) is 0 Å². The summed E-state index contributed by atoms with van der Waals surface area (Å²) in [4.78, 5) is 0. The molecule has 0 amide bonds. The van der Waals surface area contributed by atoms with E-state index in [0.29, 0.717) is 16.1 Å². The molecule has 0 aliphatic heterocycles. The molecule has 0 aliphatic carbocycles. The van der Waals surface area contributed by atoms with Crippen LogP contribution in [0.3, 0.4) is 0 Å². The maximum absolute atomic E-state index is 5.97. The van der Waals surface area contributed by atoms with Crippen LogP contribution in [0.1, 0.15) is 39.5 Å². The molecule has 0 heterocycles. The van der Waals surface area contributed by atoms with Gasteiger partial charge in [0.05, 0.1) is 10.0 Å². The van der Waals surface area contributed by atoms with Crippen molar-refractivity contribution < 1.29 is 0 Å². The lowest BCUT2D eigenvalue weighted by atomic mass is 10.1. The van der Waals surface area contributed by atoms with Gasteiger partial charge >= 0.3 is 0 Å². The van der Waals surface area contributed by atoms with E-state index < -0.39 is 0 Å². The summed E-state index contributed by atoms with van der Waals surface area (Å²) in [5.74, 6) is 0. The van der Waals surface area contributed by atoms with Crippen molar-refractivity contribution in [3.05, 3.63) is 28.2 Å². The molecular formula is C13H19Cl2N. The van der Waals surface area contributed by atoms with Crippen LogP contribution in [-0.4, -0.2) is 6.04 Å². The lowest BCUT2D eigenvalue weighted by Gasteiger charge is -2.18. The molecule has 0 radical (unpaired) electrons. The molecule has 90 valence electrons. The topological polar surface area (TPSA) is 12.0 Å². The Bertz CT molecular complexity index is 326. The van der Waals surface area contributed by atoms with Crippen LogP contribution < -0.4 is 5.32 Å². The fourth-order valence-corrected chi connectivity index (χ4v) is 1.95. The molecule has 0 saturated carbocycles. The van der Waals surface area contributed by atoms with Crippen LogP contribution in [0.2, 0.25) is 10.0 Å². The maximum atomic E-state index is 5.97. The van der Waals surface area contributed by atoms with Gasteiger partial charge < -0.3 is 5.32 Å². The molecule has 0 aliphatic rings. The van der Waals surface area contributed by atoms with Crippen molar-refractivity contribution in [2.24, 2.45) is 0 Å². The number of rotatable bonds is 6. The quantitative estimate of drug-likeness (QED) is 0.724. The summed E-state index contributed by atoms with van der Waals surface area (Å²) in [7, 11) is 0. The predicted molar refractivity (Wildman–Crippen MR) is 73.7 cm³/mol. The fraction of sp³-hybridized carbons (Fsp3) is 0.538. The van der Waals surface area contributed by atoms with E-state index in [1.807, 2.05) is 18.2 Å². The average Bonchev–Trinajstić information content (AvgIpc) is 2.29. The SMILES string of the molecule is CCCCC(CC)Nc1ccc(Cl)c(Cl)c1. The van der Waals surface area contributed by atoms with E-state index in [0.717, 1.165) is 12.1 Å². The first kappa shape index (κ1) is 13.7. The second kappa shape index (κ2) is 7.03. The Morgan fingerprint density at radius 3 is 2.50 bits per heavy atom. The van der Waals surface area contributed by atoms with Crippen LogP contribution in [0.4, 0.5) is 5.69 Å². The summed E-state index contributed by atoms with van der Waals surface area (Å²) in [6, 6.07) is 6.22. The molecule has 0 fully saturated rings. The minimum atomic E-state index is 0.525. The van der Waals surface area contributed by atoms with E-state index >= 15 is 0 Å². The van der Waals surface area contributed by atoms with Gasteiger partial charge in [-0.2, -0.15) is 0 Å². The Morgan fingerprint density at radius 1 is 1.19 bits per heavy atom. The Balaban J connectivity index is 2.59. The van der Waals surface area contributed by atoms with Gasteiger partial charge in [-0.15, -0.1) is 0 Å². The summed E-state index contributed by atoms with van der Waals surface area (Å²) in [5.41, 5.74) is 1.05. The zero-order valence-electron chi connectivity index (χ0n) is 9.89. The van der Waals surface area contributed by atoms with Crippen LogP contribution in [0.5, 0.6) is 0 Å². The smallest absolute Gasteiger partial charge is 0.0612 e. The van der Waals surface area contributed by atoms with E-state index in [1.54, 1.807) is 0 Å². The maximum Gasteiger partial charge on any atom is 0.0612 e. The van der Waals surface area contributed by atoms with Crippen molar-refractivity contribution in [1.82, 2.24) is 0 Å². The van der Waals surface area contributed by atoms with Crippen molar-refractivity contribution in [2.45, 2.75) is 45.6 Å². The molecule has 0 spiro atoms. The monoisotopic (exact) mass is 259 g/mol. The molecule has 0 aromatic heterocycles. The van der Waals surface area contributed by atoms with E-state index in [1.165, 1.54) is 19.3 Å². The minimum absolute atomic E-state index is 0.525. The van der Waals surface area contributed by atoms with Gasteiger partial charge in [-0.25, -0.2) is 0 Å². The summed E-state index contributed by atoms with van der Waals surface area (Å²) in [6.45, 7) is 4.41. The molecule has 0 bridgehead atoms. The Labute approximate surface area is 108 Å². The molecule has 1 atom stereocenters. The highest BCUT2D eigenvalue weighted by atomic mass is 35.5. The molecule has 16 heavy (non-hydrogen) atoms. The second-order valence-electron chi connectivity index (χ2n) is 4.02. The van der Waals surface area contributed by atoms with Gasteiger partial charge in [0.2, 0.25) is 0 Å². The second-order valence-corrected chi connectivity index (χ2v) is 4.84. The van der Waals surface area contributed by atoms with E-state index in [9.17, 15) is 0 Å². The van der Waals surface area contributed by atoms with Gasteiger partial charge in [0.25, 0.3) is 0 Å².